The normalized spacial score (nSPS) is 16.6. The molecular weight excluding hydrogens is 424 g/mol. The summed E-state index contributed by atoms with van der Waals surface area (Å²) >= 11 is 0. The van der Waals surface area contributed by atoms with E-state index in [0.717, 1.165) is 28.0 Å². The zero-order chi connectivity index (χ0) is 23.9. The number of nitrogens with zero attached hydrogens (tertiary/aromatic N) is 6. The minimum atomic E-state index is 0.253. The van der Waals surface area contributed by atoms with Crippen molar-refractivity contribution in [1.82, 2.24) is 28.9 Å². The molecule has 6 rings (SSSR count). The molecule has 4 aromatic heterocycles. The topological polar surface area (TPSA) is 103 Å². The molecule has 0 unspecified atom stereocenters. The summed E-state index contributed by atoms with van der Waals surface area (Å²) in [7, 11) is 2.17. The molecule has 1 saturated carbocycles. The molecular formula is C26H36N8. The summed E-state index contributed by atoms with van der Waals surface area (Å²) in [6.45, 7) is 6.45. The second-order valence-electron chi connectivity index (χ2n) is 9.12. The molecule has 5 heterocycles. The van der Waals surface area contributed by atoms with Gasteiger partial charge in [-0.15, -0.1) is 5.10 Å². The van der Waals surface area contributed by atoms with Gasteiger partial charge in [0.25, 0.3) is 0 Å². The molecule has 0 amide bonds. The van der Waals surface area contributed by atoms with E-state index in [2.05, 4.69) is 33.6 Å². The predicted octanol–water partition coefficient (Wildman–Crippen LogP) is 4.26. The second kappa shape index (κ2) is 11.3. The average molecular weight is 461 g/mol. The minimum Gasteiger partial charge on any atom is -0.367 e. The summed E-state index contributed by atoms with van der Waals surface area (Å²) < 4.78 is 3.73. The van der Waals surface area contributed by atoms with E-state index < -0.39 is 0 Å². The van der Waals surface area contributed by atoms with Crippen molar-refractivity contribution in [3.05, 3.63) is 55.3 Å². The predicted molar refractivity (Wildman–Crippen MR) is 139 cm³/mol. The molecule has 0 bridgehead atoms. The van der Waals surface area contributed by atoms with Crippen LogP contribution in [-0.2, 0) is 0 Å². The SMILES string of the molecule is C=Cc1cnc2ccc(-c3ccn4nc(N)ncc34)cn12.CN1CCCC1.NC1CCCCC1. The van der Waals surface area contributed by atoms with Gasteiger partial charge < -0.3 is 16.4 Å². The zero-order valence-electron chi connectivity index (χ0n) is 20.1. The van der Waals surface area contributed by atoms with Gasteiger partial charge in [-0.25, -0.2) is 14.5 Å². The smallest absolute Gasteiger partial charge is 0.238 e. The highest BCUT2D eigenvalue weighted by atomic mass is 15.3. The molecule has 34 heavy (non-hydrogen) atoms. The largest absolute Gasteiger partial charge is 0.367 e. The summed E-state index contributed by atoms with van der Waals surface area (Å²) in [6.07, 6.45) is 18.7. The Morgan fingerprint density at radius 2 is 1.76 bits per heavy atom. The first kappa shape index (κ1) is 23.9. The Balaban J connectivity index is 0.000000172. The molecule has 0 atom stereocenters. The number of fused-ring (bicyclic) bond motifs is 2. The van der Waals surface area contributed by atoms with Gasteiger partial charge in [0.05, 0.1) is 23.6 Å². The average Bonchev–Trinajstić information content (AvgIpc) is 3.59. The van der Waals surface area contributed by atoms with E-state index in [0.29, 0.717) is 6.04 Å². The summed E-state index contributed by atoms with van der Waals surface area (Å²) in [5, 5.41) is 4.16. The van der Waals surface area contributed by atoms with Crippen molar-refractivity contribution >= 4 is 23.2 Å². The number of hydrogen-bond acceptors (Lipinski definition) is 6. The first-order valence-corrected chi connectivity index (χ1v) is 12.2. The molecule has 2 aliphatic rings. The molecule has 1 saturated heterocycles. The van der Waals surface area contributed by atoms with E-state index >= 15 is 0 Å². The number of pyridine rings is 1. The minimum absolute atomic E-state index is 0.253. The summed E-state index contributed by atoms with van der Waals surface area (Å²) in [5.74, 6) is 0.253. The lowest BCUT2D eigenvalue weighted by atomic mass is 9.97. The van der Waals surface area contributed by atoms with Crippen LogP contribution in [0.3, 0.4) is 0 Å². The van der Waals surface area contributed by atoms with Crippen molar-refractivity contribution in [3.8, 4) is 11.1 Å². The molecule has 1 aliphatic heterocycles. The third-order valence-corrected chi connectivity index (χ3v) is 6.47. The van der Waals surface area contributed by atoms with Crippen molar-refractivity contribution in [3.63, 3.8) is 0 Å². The Morgan fingerprint density at radius 1 is 1.00 bits per heavy atom. The molecule has 0 radical (unpaired) electrons. The maximum absolute atomic E-state index is 5.63. The number of nitrogen functional groups attached to an aromatic ring is 1. The zero-order valence-corrected chi connectivity index (χ0v) is 20.1. The van der Waals surface area contributed by atoms with Gasteiger partial charge in [-0.1, -0.05) is 25.8 Å². The molecule has 1 aliphatic carbocycles. The van der Waals surface area contributed by atoms with E-state index in [1.54, 1.807) is 23.0 Å². The van der Waals surface area contributed by atoms with Crippen molar-refractivity contribution < 1.29 is 0 Å². The van der Waals surface area contributed by atoms with Crippen LogP contribution in [0.1, 0.15) is 50.6 Å². The quantitative estimate of drug-likeness (QED) is 0.463. The van der Waals surface area contributed by atoms with E-state index in [1.165, 1.54) is 58.0 Å². The molecule has 0 spiro atoms. The molecule has 2 fully saturated rings. The van der Waals surface area contributed by atoms with Crippen LogP contribution in [0.2, 0.25) is 0 Å². The molecule has 8 heteroatoms. The van der Waals surface area contributed by atoms with Gasteiger partial charge in [-0.05, 0) is 70.1 Å². The number of hydrogen-bond donors (Lipinski definition) is 2. The molecule has 180 valence electrons. The molecule has 0 aromatic carbocycles. The highest BCUT2D eigenvalue weighted by Crippen LogP contribution is 2.26. The number of likely N-dealkylation sites (tertiary alicyclic amines) is 1. The molecule has 4 aromatic rings. The van der Waals surface area contributed by atoms with Crippen LogP contribution in [0, 0.1) is 0 Å². The van der Waals surface area contributed by atoms with Crippen LogP contribution in [0.5, 0.6) is 0 Å². The summed E-state index contributed by atoms with van der Waals surface area (Å²) in [6, 6.07) is 6.54. The van der Waals surface area contributed by atoms with Crippen molar-refractivity contribution in [2.24, 2.45) is 5.73 Å². The Morgan fingerprint density at radius 3 is 2.38 bits per heavy atom. The lowest BCUT2D eigenvalue weighted by Crippen LogP contribution is -2.22. The number of aromatic nitrogens is 5. The lowest BCUT2D eigenvalue weighted by Gasteiger charge is -2.15. The van der Waals surface area contributed by atoms with Crippen LogP contribution >= 0.6 is 0 Å². The standard InChI is InChI=1S/C15H12N6.C6H13N.C5H11N/c1-2-11-7-17-14-4-3-10(9-20(11)14)12-5-6-21-13(12)8-18-15(16)19-21;7-6-4-2-1-3-5-6;1-6-4-2-3-5-6/h2-9H,1H2,(H2,16,19);6H,1-5,7H2;2-5H2,1H3. The maximum Gasteiger partial charge on any atom is 0.238 e. The fraction of sp³-hybridized carbons (Fsp3) is 0.423. The second-order valence-corrected chi connectivity index (χ2v) is 9.12. The fourth-order valence-electron chi connectivity index (χ4n) is 4.48. The van der Waals surface area contributed by atoms with Crippen molar-refractivity contribution in [2.45, 2.75) is 51.0 Å². The number of rotatable bonds is 2. The Kier molecular flexibility index (Phi) is 7.92. The third-order valence-electron chi connectivity index (χ3n) is 6.47. The number of imidazole rings is 1. The van der Waals surface area contributed by atoms with Gasteiger partial charge in [-0.3, -0.25) is 4.40 Å². The first-order chi connectivity index (χ1) is 16.5. The van der Waals surface area contributed by atoms with Crippen molar-refractivity contribution in [2.75, 3.05) is 25.9 Å². The first-order valence-electron chi connectivity index (χ1n) is 12.2. The van der Waals surface area contributed by atoms with Crippen LogP contribution < -0.4 is 11.5 Å². The van der Waals surface area contributed by atoms with Gasteiger partial charge >= 0.3 is 0 Å². The maximum atomic E-state index is 5.63. The van der Waals surface area contributed by atoms with E-state index in [1.807, 2.05) is 35.0 Å². The van der Waals surface area contributed by atoms with E-state index in [9.17, 15) is 0 Å². The Bertz CT molecular complexity index is 1210. The van der Waals surface area contributed by atoms with E-state index in [4.69, 9.17) is 11.5 Å². The van der Waals surface area contributed by atoms with Crippen molar-refractivity contribution in [1.29, 1.82) is 0 Å². The highest BCUT2D eigenvalue weighted by Gasteiger charge is 2.09. The van der Waals surface area contributed by atoms with Gasteiger partial charge in [0, 0.05) is 29.6 Å². The van der Waals surface area contributed by atoms with Crippen LogP contribution in [-0.4, -0.2) is 55.1 Å². The van der Waals surface area contributed by atoms with Gasteiger partial charge in [-0.2, -0.15) is 0 Å². The van der Waals surface area contributed by atoms with Crippen LogP contribution in [0.25, 0.3) is 28.4 Å². The molecule has 4 N–H and O–H groups in total. The third kappa shape index (κ3) is 5.81. The summed E-state index contributed by atoms with van der Waals surface area (Å²) in [4.78, 5) is 10.8. The Labute approximate surface area is 201 Å². The number of nitrogens with two attached hydrogens (primary N) is 2. The Hall–Kier alpha value is -3.23. The van der Waals surface area contributed by atoms with Gasteiger partial charge in [0.2, 0.25) is 5.95 Å². The highest BCUT2D eigenvalue weighted by molar-refractivity contribution is 5.80. The number of anilines is 1. The fourth-order valence-corrected chi connectivity index (χ4v) is 4.48. The van der Waals surface area contributed by atoms with Crippen LogP contribution in [0.4, 0.5) is 5.95 Å². The van der Waals surface area contributed by atoms with Gasteiger partial charge in [0.15, 0.2) is 0 Å². The summed E-state index contributed by atoms with van der Waals surface area (Å²) in [5.41, 5.74) is 16.1. The lowest BCUT2D eigenvalue weighted by molar-refractivity contribution is 0.418. The van der Waals surface area contributed by atoms with E-state index in [-0.39, 0.29) is 5.95 Å². The monoisotopic (exact) mass is 460 g/mol. The van der Waals surface area contributed by atoms with Crippen LogP contribution in [0.15, 0.2) is 49.6 Å². The molecule has 8 nitrogen and oxygen atoms in total. The van der Waals surface area contributed by atoms with Gasteiger partial charge in [0.1, 0.15) is 5.65 Å².